The Balaban J connectivity index is 1.73. The van der Waals surface area contributed by atoms with Crippen LogP contribution in [0.25, 0.3) is 0 Å². The highest BCUT2D eigenvalue weighted by molar-refractivity contribution is 5.81. The molecule has 1 amide bonds. The van der Waals surface area contributed by atoms with E-state index in [0.717, 1.165) is 43.6 Å². The van der Waals surface area contributed by atoms with Crippen molar-refractivity contribution in [1.29, 1.82) is 0 Å². The maximum Gasteiger partial charge on any atom is 0.252 e. The third-order valence-corrected chi connectivity index (χ3v) is 4.96. The van der Waals surface area contributed by atoms with E-state index in [1.165, 1.54) is 0 Å². The van der Waals surface area contributed by atoms with Crippen LogP contribution in [0, 0.1) is 0 Å². The molecule has 2 fully saturated rings. The van der Waals surface area contributed by atoms with Gasteiger partial charge in [0.15, 0.2) is 0 Å². The topological polar surface area (TPSA) is 74.0 Å². The molecule has 0 aliphatic carbocycles. The Kier molecular flexibility index (Phi) is 6.29. The van der Waals surface area contributed by atoms with Crippen molar-refractivity contribution < 1.29 is 19.0 Å². The minimum Gasteiger partial charge on any atom is -0.496 e. The van der Waals surface area contributed by atoms with Gasteiger partial charge in [0, 0.05) is 31.8 Å². The summed E-state index contributed by atoms with van der Waals surface area (Å²) in [6.07, 6.45) is 3.31. The summed E-state index contributed by atoms with van der Waals surface area (Å²) in [4.78, 5) is 14.9. The molecule has 1 aromatic carbocycles. The van der Waals surface area contributed by atoms with E-state index < -0.39 is 6.10 Å². The molecule has 0 aromatic heterocycles. The molecule has 2 heterocycles. The Morgan fingerprint density at radius 3 is 2.80 bits per heavy atom. The summed E-state index contributed by atoms with van der Waals surface area (Å²) in [6.45, 7) is 2.32. The van der Waals surface area contributed by atoms with Gasteiger partial charge in [-0.05, 0) is 31.7 Å². The quantitative estimate of drug-likeness (QED) is 0.812. The van der Waals surface area contributed by atoms with Gasteiger partial charge in [0.05, 0.1) is 19.3 Å². The fourth-order valence-corrected chi connectivity index (χ4v) is 3.57. The van der Waals surface area contributed by atoms with E-state index in [9.17, 15) is 4.79 Å². The van der Waals surface area contributed by atoms with Crippen LogP contribution < -0.4 is 10.5 Å². The maximum atomic E-state index is 13.1. The van der Waals surface area contributed by atoms with Crippen molar-refractivity contribution in [2.75, 3.05) is 26.8 Å². The molecule has 1 unspecified atom stereocenters. The largest absolute Gasteiger partial charge is 0.496 e. The third kappa shape index (κ3) is 4.51. The standard InChI is InChI=1S/C19H28N2O4/c1-23-17-7-3-2-5-14(17)12-21(13-16-6-4-10-24-16)19(22)18-9-8-15(11-20)25-18/h2-3,5,7,15-16,18H,4,6,8-13,20H2,1H3/t15-,16?,18+/m1/s1. The van der Waals surface area contributed by atoms with Crippen LogP contribution in [0.15, 0.2) is 24.3 Å². The molecule has 25 heavy (non-hydrogen) atoms. The van der Waals surface area contributed by atoms with Crippen LogP contribution in [0.3, 0.4) is 0 Å². The van der Waals surface area contributed by atoms with Crippen molar-refractivity contribution in [3.05, 3.63) is 29.8 Å². The molecule has 6 nitrogen and oxygen atoms in total. The van der Waals surface area contributed by atoms with E-state index in [0.29, 0.717) is 19.6 Å². The first-order chi connectivity index (χ1) is 12.2. The lowest BCUT2D eigenvalue weighted by atomic mass is 10.1. The third-order valence-electron chi connectivity index (χ3n) is 4.96. The van der Waals surface area contributed by atoms with Gasteiger partial charge in [0.1, 0.15) is 11.9 Å². The normalized spacial score (nSPS) is 25.9. The summed E-state index contributed by atoms with van der Waals surface area (Å²) >= 11 is 0. The van der Waals surface area contributed by atoms with Crippen molar-refractivity contribution in [1.82, 2.24) is 4.90 Å². The van der Waals surface area contributed by atoms with E-state index in [2.05, 4.69) is 0 Å². The number of ether oxygens (including phenoxy) is 3. The molecule has 2 N–H and O–H groups in total. The number of hydrogen-bond donors (Lipinski definition) is 1. The van der Waals surface area contributed by atoms with Gasteiger partial charge in [0.25, 0.3) is 5.91 Å². The Bertz CT molecular complexity index is 574. The van der Waals surface area contributed by atoms with Gasteiger partial charge < -0.3 is 24.8 Å². The predicted molar refractivity (Wildman–Crippen MR) is 94.3 cm³/mol. The van der Waals surface area contributed by atoms with Crippen LogP contribution in [0.1, 0.15) is 31.2 Å². The number of nitrogens with zero attached hydrogens (tertiary/aromatic N) is 1. The van der Waals surface area contributed by atoms with E-state index >= 15 is 0 Å². The Labute approximate surface area is 149 Å². The van der Waals surface area contributed by atoms with Gasteiger partial charge in [-0.15, -0.1) is 0 Å². The fraction of sp³-hybridized carbons (Fsp3) is 0.632. The first-order valence-corrected chi connectivity index (χ1v) is 9.09. The van der Waals surface area contributed by atoms with Gasteiger partial charge in [-0.25, -0.2) is 0 Å². The molecule has 0 radical (unpaired) electrons. The monoisotopic (exact) mass is 348 g/mol. The molecular weight excluding hydrogens is 320 g/mol. The SMILES string of the molecule is COc1ccccc1CN(CC1CCCO1)C(=O)[C@@H]1CC[C@H](CN)O1. The number of benzene rings is 1. The lowest BCUT2D eigenvalue weighted by molar-refractivity contribution is -0.145. The molecule has 0 spiro atoms. The average Bonchev–Trinajstić information content (AvgIpc) is 3.32. The molecule has 6 heteroatoms. The maximum absolute atomic E-state index is 13.1. The molecule has 2 aliphatic heterocycles. The Morgan fingerprint density at radius 1 is 1.28 bits per heavy atom. The zero-order chi connectivity index (χ0) is 17.6. The molecular formula is C19H28N2O4. The van der Waals surface area contributed by atoms with Gasteiger partial charge in [0.2, 0.25) is 0 Å². The number of amides is 1. The smallest absolute Gasteiger partial charge is 0.252 e. The summed E-state index contributed by atoms with van der Waals surface area (Å²) < 4.78 is 17.0. The van der Waals surface area contributed by atoms with Gasteiger partial charge in [-0.2, -0.15) is 0 Å². The number of hydrogen-bond acceptors (Lipinski definition) is 5. The fourth-order valence-electron chi connectivity index (χ4n) is 3.57. The summed E-state index contributed by atoms with van der Waals surface area (Å²) in [5, 5.41) is 0. The first-order valence-electron chi connectivity index (χ1n) is 9.09. The molecule has 2 saturated heterocycles. The van der Waals surface area contributed by atoms with Crippen molar-refractivity contribution in [2.45, 2.75) is 50.5 Å². The molecule has 0 saturated carbocycles. The zero-order valence-corrected chi connectivity index (χ0v) is 14.9. The highest BCUT2D eigenvalue weighted by Crippen LogP contribution is 2.25. The second kappa shape index (κ2) is 8.65. The van der Waals surface area contributed by atoms with Crippen LogP contribution >= 0.6 is 0 Å². The lowest BCUT2D eigenvalue weighted by Gasteiger charge is -2.28. The number of para-hydroxylation sites is 1. The first kappa shape index (κ1) is 18.2. The van der Waals surface area contributed by atoms with Crippen LogP contribution in [0.2, 0.25) is 0 Å². The number of nitrogens with two attached hydrogens (primary N) is 1. The van der Waals surface area contributed by atoms with E-state index in [1.807, 2.05) is 29.2 Å². The van der Waals surface area contributed by atoms with Crippen LogP contribution in [0.5, 0.6) is 5.75 Å². The highest BCUT2D eigenvalue weighted by atomic mass is 16.5. The van der Waals surface area contributed by atoms with Crippen molar-refractivity contribution in [2.24, 2.45) is 5.73 Å². The number of carbonyl (C=O) groups excluding carboxylic acids is 1. The van der Waals surface area contributed by atoms with Gasteiger partial charge in [-0.3, -0.25) is 4.79 Å². The molecule has 3 atom stereocenters. The average molecular weight is 348 g/mol. The van der Waals surface area contributed by atoms with Crippen LogP contribution in [-0.2, 0) is 20.8 Å². The summed E-state index contributed by atoms with van der Waals surface area (Å²) in [5.41, 5.74) is 6.67. The highest BCUT2D eigenvalue weighted by Gasteiger charge is 2.34. The van der Waals surface area contributed by atoms with Crippen molar-refractivity contribution >= 4 is 5.91 Å². The van der Waals surface area contributed by atoms with Crippen molar-refractivity contribution in [3.8, 4) is 5.75 Å². The van der Waals surface area contributed by atoms with Gasteiger partial charge in [-0.1, -0.05) is 18.2 Å². The second-order valence-electron chi connectivity index (χ2n) is 6.73. The van der Waals surface area contributed by atoms with E-state index in [-0.39, 0.29) is 18.1 Å². The van der Waals surface area contributed by atoms with Crippen LogP contribution in [0.4, 0.5) is 0 Å². The lowest BCUT2D eigenvalue weighted by Crippen LogP contribution is -2.43. The van der Waals surface area contributed by atoms with Gasteiger partial charge >= 0.3 is 0 Å². The van der Waals surface area contributed by atoms with E-state index in [4.69, 9.17) is 19.9 Å². The minimum absolute atomic E-state index is 0.00945. The molecule has 138 valence electrons. The van der Waals surface area contributed by atoms with E-state index in [1.54, 1.807) is 7.11 Å². The number of carbonyl (C=O) groups is 1. The molecule has 1 aromatic rings. The zero-order valence-electron chi connectivity index (χ0n) is 14.9. The Morgan fingerprint density at radius 2 is 2.12 bits per heavy atom. The Hall–Kier alpha value is -1.63. The summed E-state index contributed by atoms with van der Waals surface area (Å²) in [5.74, 6) is 0.817. The predicted octanol–water partition coefficient (Wildman–Crippen LogP) is 1.71. The molecule has 3 rings (SSSR count). The second-order valence-corrected chi connectivity index (χ2v) is 6.73. The summed E-state index contributed by atoms with van der Waals surface area (Å²) in [7, 11) is 1.65. The molecule has 2 aliphatic rings. The van der Waals surface area contributed by atoms with Crippen LogP contribution in [-0.4, -0.2) is 55.9 Å². The number of methoxy groups -OCH3 is 1. The molecule has 0 bridgehead atoms. The van der Waals surface area contributed by atoms with Crippen molar-refractivity contribution in [3.63, 3.8) is 0 Å². The number of rotatable bonds is 7. The summed E-state index contributed by atoms with van der Waals surface area (Å²) in [6, 6.07) is 7.80. The minimum atomic E-state index is -0.398.